The quantitative estimate of drug-likeness (QED) is 0.0361. The number of carboxylic acids is 3. The summed E-state index contributed by atoms with van der Waals surface area (Å²) in [5, 5.41) is 57.6. The normalized spacial score (nSPS) is 14.4. The summed E-state index contributed by atoms with van der Waals surface area (Å²) in [6.45, 7) is 9.60. The van der Waals surface area contributed by atoms with E-state index < -0.39 is 145 Å². The van der Waals surface area contributed by atoms with Crippen molar-refractivity contribution in [3.05, 3.63) is 102 Å². The number of aromatic nitrogens is 1. The van der Waals surface area contributed by atoms with Gasteiger partial charge in [-0.15, -0.1) is 0 Å². The average molecular weight is 1060 g/mol. The van der Waals surface area contributed by atoms with Crippen molar-refractivity contribution in [2.75, 3.05) is 0 Å². The van der Waals surface area contributed by atoms with Gasteiger partial charge in [-0.05, 0) is 59.1 Å². The van der Waals surface area contributed by atoms with E-state index in [2.05, 4.69) is 42.2 Å². The van der Waals surface area contributed by atoms with Gasteiger partial charge in [-0.3, -0.25) is 43.2 Å². The third-order valence-electron chi connectivity index (χ3n) is 12.4. The number of rotatable bonds is 29. The molecule has 0 unspecified atom stereocenters. The molecule has 4 rings (SSSR count). The molecular weight excluding hydrogens is 987 g/mol. The van der Waals surface area contributed by atoms with Crippen molar-refractivity contribution < 1.29 is 68.4 Å². The van der Waals surface area contributed by atoms with Crippen LogP contribution in [0.1, 0.15) is 77.5 Å². The molecule has 0 saturated carbocycles. The average Bonchev–Trinajstić information content (AvgIpc) is 3.76. The number of carbonyl (C=O) groups excluding carboxylic acids is 7. The number of phenolic OH excluding ortho intramolecular Hbond substituents is 1. The molecule has 0 saturated heterocycles. The number of fused-ring (bicyclic) bond motifs is 1. The van der Waals surface area contributed by atoms with Gasteiger partial charge in [0.25, 0.3) is 0 Å². The van der Waals surface area contributed by atoms with Crippen LogP contribution in [0.2, 0.25) is 0 Å². The minimum atomic E-state index is -1.63. The Balaban J connectivity index is 1.59. The Morgan fingerprint density at radius 2 is 0.921 bits per heavy atom. The van der Waals surface area contributed by atoms with Crippen molar-refractivity contribution in [1.82, 2.24) is 42.2 Å². The molecule has 0 aliphatic rings. The molecule has 0 bridgehead atoms. The molecule has 23 nitrogen and oxygen atoms in total. The van der Waals surface area contributed by atoms with Crippen LogP contribution in [-0.4, -0.2) is 133 Å². The van der Waals surface area contributed by atoms with Crippen LogP contribution in [0.25, 0.3) is 10.9 Å². The molecule has 23 heteroatoms. The van der Waals surface area contributed by atoms with E-state index >= 15 is 0 Å². The molecule has 4 aromatic rings. The summed E-state index contributed by atoms with van der Waals surface area (Å²) in [4.78, 5) is 136. The van der Waals surface area contributed by atoms with Gasteiger partial charge in [-0.25, -0.2) is 4.79 Å². The highest BCUT2D eigenvalue weighted by molar-refractivity contribution is 5.98. The minimum absolute atomic E-state index is 0.0841. The van der Waals surface area contributed by atoms with Crippen LogP contribution in [-0.2, 0) is 67.2 Å². The van der Waals surface area contributed by atoms with Crippen LogP contribution in [0.5, 0.6) is 5.75 Å². The topological polar surface area (TPSA) is 378 Å². The maximum absolute atomic E-state index is 14.5. The standard InChI is InChI=1S/C53H69N9O14/c1-27(2)43(60-46(68)35(54)25-42(66)67)50(72)58-39(23-31-16-18-33(63)19-17-31)49(71)57-38(22-30-12-8-7-9-13-30)48(70)56-37(20-21-41(64)65)47(69)61-45(29(5)6)52(74)62-44(28(3)4)51(73)59-40(53(75)76)24-32-26-55-36-15-11-10-14-34(32)36/h7-19,26-29,35,37-40,43-45,55,63H,20-25,54H2,1-6H3,(H,56,70)(H,57,71)(H,58,72)(H,59,73)(H,60,68)(H,61,69)(H,62,74)(H,64,65)(H,66,67)(H,75,76)/t35-,37-,38-,39-,40-,43-,44-,45-/m0/s1. The van der Waals surface area contributed by atoms with Crippen molar-refractivity contribution in [1.29, 1.82) is 0 Å². The van der Waals surface area contributed by atoms with Crippen LogP contribution < -0.4 is 43.0 Å². The molecule has 8 atom stereocenters. The lowest BCUT2D eigenvalue weighted by atomic mass is 9.98. The van der Waals surface area contributed by atoms with Gasteiger partial charge in [-0.2, -0.15) is 0 Å². The maximum atomic E-state index is 14.5. The molecule has 0 radical (unpaired) electrons. The zero-order valence-corrected chi connectivity index (χ0v) is 43.1. The van der Waals surface area contributed by atoms with Crippen molar-refractivity contribution in [2.45, 2.75) is 128 Å². The second-order valence-corrected chi connectivity index (χ2v) is 19.5. The van der Waals surface area contributed by atoms with Crippen molar-refractivity contribution >= 4 is 70.2 Å². The van der Waals surface area contributed by atoms with Gasteiger partial charge < -0.3 is 68.4 Å². The number of hydrogen-bond acceptors (Lipinski definition) is 12. The lowest BCUT2D eigenvalue weighted by Gasteiger charge is -2.30. The molecule has 0 fully saturated rings. The smallest absolute Gasteiger partial charge is 0.326 e. The number of aliphatic carboxylic acids is 3. The Hall–Kier alpha value is -8.34. The molecule has 0 aliphatic heterocycles. The first-order valence-corrected chi connectivity index (χ1v) is 24.8. The van der Waals surface area contributed by atoms with E-state index in [-0.39, 0.29) is 25.0 Å². The van der Waals surface area contributed by atoms with Gasteiger partial charge in [0.1, 0.15) is 48.0 Å². The SMILES string of the molecule is CC(C)[C@H](NC(=O)[C@H](CCC(=O)O)NC(=O)[C@H](Cc1ccccc1)NC(=O)[C@H](Cc1ccc(O)cc1)NC(=O)[C@@H](NC(=O)[C@@H](N)CC(=O)O)C(C)C)C(=O)N[C@H](C(=O)N[C@@H](Cc1c[nH]c2ccccc12)C(=O)O)C(C)C. The van der Waals surface area contributed by atoms with E-state index in [1.165, 1.54) is 24.3 Å². The van der Waals surface area contributed by atoms with Crippen LogP contribution in [0.15, 0.2) is 85.1 Å². The number of para-hydroxylation sites is 1. The maximum Gasteiger partial charge on any atom is 0.326 e. The molecule has 0 spiro atoms. The number of aromatic amines is 1. The van der Waals surface area contributed by atoms with Gasteiger partial charge in [0.05, 0.1) is 12.5 Å². The number of aromatic hydroxyl groups is 1. The van der Waals surface area contributed by atoms with Crippen LogP contribution in [0.3, 0.4) is 0 Å². The number of carbonyl (C=O) groups is 10. The van der Waals surface area contributed by atoms with E-state index in [4.69, 9.17) is 10.8 Å². The van der Waals surface area contributed by atoms with E-state index in [1.807, 2.05) is 18.2 Å². The first-order valence-electron chi connectivity index (χ1n) is 24.8. The van der Waals surface area contributed by atoms with E-state index in [0.717, 1.165) is 10.9 Å². The van der Waals surface area contributed by atoms with Gasteiger partial charge in [0, 0.05) is 42.8 Å². The number of nitrogens with one attached hydrogen (secondary N) is 8. The number of H-pyrrole nitrogens is 1. The Morgan fingerprint density at radius 1 is 0.487 bits per heavy atom. The summed E-state index contributed by atoms with van der Waals surface area (Å²) < 4.78 is 0. The van der Waals surface area contributed by atoms with Gasteiger partial charge in [0.15, 0.2) is 0 Å². The fourth-order valence-corrected chi connectivity index (χ4v) is 8.10. The van der Waals surface area contributed by atoms with E-state index in [9.17, 15) is 63.3 Å². The molecule has 1 heterocycles. The monoisotopic (exact) mass is 1060 g/mol. The summed E-state index contributed by atoms with van der Waals surface area (Å²) in [5.41, 5.74) is 8.13. The summed E-state index contributed by atoms with van der Waals surface area (Å²) in [5.74, 6) is -12.3. The van der Waals surface area contributed by atoms with Gasteiger partial charge >= 0.3 is 17.9 Å². The Bertz CT molecular complexity index is 2690. The number of phenols is 1. The van der Waals surface area contributed by atoms with E-state index in [0.29, 0.717) is 16.7 Å². The molecule has 0 aliphatic carbocycles. The van der Waals surface area contributed by atoms with Crippen LogP contribution in [0, 0.1) is 17.8 Å². The summed E-state index contributed by atoms with van der Waals surface area (Å²) in [7, 11) is 0. The second-order valence-electron chi connectivity index (χ2n) is 19.5. The summed E-state index contributed by atoms with van der Waals surface area (Å²) in [6.07, 6.45) is -0.712. The van der Waals surface area contributed by atoms with Crippen molar-refractivity contribution in [3.8, 4) is 5.75 Å². The van der Waals surface area contributed by atoms with Gasteiger partial charge in [0.2, 0.25) is 41.4 Å². The van der Waals surface area contributed by atoms with E-state index in [1.54, 1.807) is 84.1 Å². The third kappa shape index (κ3) is 18.2. The number of carboxylic acid groups (broad SMARTS) is 3. The second kappa shape index (κ2) is 28.4. The molecular formula is C53H69N9O14. The first kappa shape index (κ1) is 60.2. The van der Waals surface area contributed by atoms with Crippen LogP contribution >= 0.6 is 0 Å². The zero-order valence-electron chi connectivity index (χ0n) is 43.1. The highest BCUT2D eigenvalue weighted by atomic mass is 16.4. The van der Waals surface area contributed by atoms with Crippen molar-refractivity contribution in [3.63, 3.8) is 0 Å². The molecule has 1 aromatic heterocycles. The largest absolute Gasteiger partial charge is 0.508 e. The highest BCUT2D eigenvalue weighted by Gasteiger charge is 2.37. The lowest BCUT2D eigenvalue weighted by Crippen LogP contribution is -2.62. The predicted molar refractivity (Wildman–Crippen MR) is 277 cm³/mol. The van der Waals surface area contributed by atoms with Crippen molar-refractivity contribution in [2.24, 2.45) is 23.5 Å². The fourth-order valence-electron chi connectivity index (χ4n) is 8.10. The minimum Gasteiger partial charge on any atom is -0.508 e. The Kier molecular flexibility index (Phi) is 22.5. The van der Waals surface area contributed by atoms with Gasteiger partial charge in [-0.1, -0.05) is 102 Å². The summed E-state index contributed by atoms with van der Waals surface area (Å²) >= 11 is 0. The molecule has 410 valence electrons. The molecule has 76 heavy (non-hydrogen) atoms. The number of benzene rings is 3. The third-order valence-corrected chi connectivity index (χ3v) is 12.4. The van der Waals surface area contributed by atoms with Crippen LogP contribution in [0.4, 0.5) is 0 Å². The molecule has 14 N–H and O–H groups in total. The first-order chi connectivity index (χ1) is 35.8. The summed E-state index contributed by atoms with van der Waals surface area (Å²) in [6, 6.07) is 9.75. The zero-order chi connectivity index (χ0) is 56.4. The number of hydrogen-bond donors (Lipinski definition) is 13. The number of nitrogens with two attached hydrogens (primary N) is 1. The lowest BCUT2D eigenvalue weighted by molar-refractivity contribution is -0.142. The molecule has 3 aromatic carbocycles. The Morgan fingerprint density at radius 3 is 1.43 bits per heavy atom. The Labute approximate surface area is 438 Å². The number of amides is 7. The predicted octanol–water partition coefficient (Wildman–Crippen LogP) is 1.01. The highest BCUT2D eigenvalue weighted by Crippen LogP contribution is 2.20. The molecule has 7 amide bonds. The fraction of sp³-hybridized carbons (Fsp3) is 0.434.